The maximum atomic E-state index is 14.2. The molecule has 1 saturated heterocycles. The van der Waals surface area contributed by atoms with Crippen LogP contribution in [0, 0.1) is 25.2 Å². The second-order valence-corrected chi connectivity index (χ2v) is 11.4. The lowest BCUT2D eigenvalue weighted by molar-refractivity contribution is 0.0167. The van der Waals surface area contributed by atoms with Gasteiger partial charge in [-0.1, -0.05) is 18.2 Å². The van der Waals surface area contributed by atoms with E-state index in [4.69, 9.17) is 9.97 Å². The van der Waals surface area contributed by atoms with Crippen molar-refractivity contribution in [3.8, 4) is 6.07 Å². The zero-order valence-corrected chi connectivity index (χ0v) is 23.6. The number of benzene rings is 1. The number of rotatable bonds is 7. The van der Waals surface area contributed by atoms with E-state index in [1.165, 1.54) is 6.07 Å². The van der Waals surface area contributed by atoms with Crippen molar-refractivity contribution in [3.63, 3.8) is 0 Å². The van der Waals surface area contributed by atoms with Gasteiger partial charge in [-0.05, 0) is 64.7 Å². The molecule has 206 valence electrons. The Labute approximate surface area is 229 Å². The number of pyridine rings is 1. The van der Waals surface area contributed by atoms with Gasteiger partial charge in [0.25, 0.3) is 5.92 Å². The Morgan fingerprint density at radius 2 is 1.74 bits per heavy atom. The monoisotopic (exact) mass is 533 g/mol. The van der Waals surface area contributed by atoms with Crippen LogP contribution in [0.4, 0.5) is 20.4 Å². The van der Waals surface area contributed by atoms with Gasteiger partial charge in [0.2, 0.25) is 0 Å². The van der Waals surface area contributed by atoms with Crippen LogP contribution < -0.4 is 10.2 Å². The zero-order valence-electron chi connectivity index (χ0n) is 23.6. The van der Waals surface area contributed by atoms with E-state index in [2.05, 4.69) is 40.0 Å². The number of nitrogens with zero attached hydrogens (tertiary/aromatic N) is 6. The Balaban J connectivity index is 1.56. The van der Waals surface area contributed by atoms with E-state index in [1.807, 2.05) is 26.0 Å². The molecular formula is C30H37F2N7. The van der Waals surface area contributed by atoms with E-state index in [1.54, 1.807) is 13.0 Å². The summed E-state index contributed by atoms with van der Waals surface area (Å²) in [6.07, 6.45) is 1.61. The van der Waals surface area contributed by atoms with Crippen molar-refractivity contribution in [1.29, 1.82) is 5.26 Å². The summed E-state index contributed by atoms with van der Waals surface area (Å²) >= 11 is 0. The molecule has 1 aliphatic carbocycles. The van der Waals surface area contributed by atoms with Gasteiger partial charge in [-0.25, -0.2) is 23.7 Å². The molecule has 0 radical (unpaired) electrons. The molecule has 2 fully saturated rings. The molecule has 0 spiro atoms. The lowest BCUT2D eigenvalue weighted by Crippen LogP contribution is -2.49. The molecule has 2 aliphatic rings. The molecule has 1 aliphatic heterocycles. The third-order valence-electron chi connectivity index (χ3n) is 8.27. The molecule has 1 aromatic carbocycles. The van der Waals surface area contributed by atoms with Gasteiger partial charge in [0.1, 0.15) is 17.5 Å². The van der Waals surface area contributed by atoms with Crippen molar-refractivity contribution in [3.05, 3.63) is 52.3 Å². The molecule has 1 N–H and O–H groups in total. The summed E-state index contributed by atoms with van der Waals surface area (Å²) in [6.45, 7) is 14.4. The number of nitrogens with one attached hydrogen (secondary N) is 1. The smallest absolute Gasteiger partial charge is 0.270 e. The van der Waals surface area contributed by atoms with Gasteiger partial charge in [0, 0.05) is 50.3 Å². The molecule has 0 bridgehead atoms. The molecule has 5 rings (SSSR count). The van der Waals surface area contributed by atoms with Gasteiger partial charge < -0.3 is 10.2 Å². The fourth-order valence-electron chi connectivity index (χ4n) is 5.75. The molecule has 7 nitrogen and oxygen atoms in total. The summed E-state index contributed by atoms with van der Waals surface area (Å²) in [5.41, 5.74) is 2.32. The highest BCUT2D eigenvalue weighted by Crippen LogP contribution is 2.51. The second-order valence-electron chi connectivity index (χ2n) is 11.4. The number of aromatic nitrogens is 3. The average Bonchev–Trinajstić information content (AvgIpc) is 3.68. The Morgan fingerprint density at radius 3 is 2.33 bits per heavy atom. The van der Waals surface area contributed by atoms with Gasteiger partial charge in [0.15, 0.2) is 5.65 Å². The largest absolute Gasteiger partial charge is 0.363 e. The van der Waals surface area contributed by atoms with E-state index in [9.17, 15) is 14.0 Å². The minimum atomic E-state index is -2.93. The molecule has 2 aromatic heterocycles. The molecule has 0 amide bonds. The standard InChI is InChI=1S/C30H37F2N7/c1-18(2)38-12-14-39(15-13-38)28-25(30(17-33)10-11-30)16-23-26(35-21(5)36-27(23)37-28)34-20(4)22-8-7-9-24(19(22)3)29(6,31)32/h7-9,16,18,20H,10-15H2,1-6H3,(H,34,35,36,37)/t20-/m1/s1. The van der Waals surface area contributed by atoms with Crippen molar-refractivity contribution >= 4 is 22.7 Å². The quantitative estimate of drug-likeness (QED) is 0.398. The number of fused-ring (bicyclic) bond motifs is 1. The predicted molar refractivity (Wildman–Crippen MR) is 150 cm³/mol. The SMILES string of the molecule is Cc1nc(N[C@H](C)c2cccc(C(C)(F)F)c2C)c2cc(C3(C#N)CC3)c(N3CCN(C(C)C)CC3)nc2n1. The Bertz CT molecular complexity index is 1430. The van der Waals surface area contributed by atoms with Gasteiger partial charge in [-0.3, -0.25) is 4.90 Å². The lowest BCUT2D eigenvalue weighted by atomic mass is 9.94. The minimum Gasteiger partial charge on any atom is -0.363 e. The van der Waals surface area contributed by atoms with Crippen molar-refractivity contribution in [2.75, 3.05) is 36.4 Å². The molecule has 39 heavy (non-hydrogen) atoms. The van der Waals surface area contributed by atoms with Gasteiger partial charge in [0.05, 0.1) is 22.9 Å². The molecule has 9 heteroatoms. The number of anilines is 2. The number of halogens is 2. The summed E-state index contributed by atoms with van der Waals surface area (Å²) in [5.74, 6) is -0.920. The van der Waals surface area contributed by atoms with Crippen molar-refractivity contribution in [2.45, 2.75) is 77.8 Å². The number of hydrogen-bond donors (Lipinski definition) is 1. The highest BCUT2D eigenvalue weighted by molar-refractivity contribution is 5.89. The Morgan fingerprint density at radius 1 is 1.05 bits per heavy atom. The van der Waals surface area contributed by atoms with Gasteiger partial charge in [-0.2, -0.15) is 5.26 Å². The van der Waals surface area contributed by atoms with E-state index < -0.39 is 11.3 Å². The Kier molecular flexibility index (Phi) is 6.96. The number of nitriles is 1. The third kappa shape index (κ3) is 5.14. The van der Waals surface area contributed by atoms with Crippen LogP contribution in [0.15, 0.2) is 24.3 Å². The Hall–Kier alpha value is -3.38. The first-order chi connectivity index (χ1) is 18.4. The van der Waals surface area contributed by atoms with E-state index in [0.717, 1.165) is 68.3 Å². The first-order valence-corrected chi connectivity index (χ1v) is 13.8. The summed E-state index contributed by atoms with van der Waals surface area (Å²) < 4.78 is 28.4. The molecule has 3 heterocycles. The van der Waals surface area contributed by atoms with Crippen molar-refractivity contribution in [1.82, 2.24) is 19.9 Å². The van der Waals surface area contributed by atoms with Crippen LogP contribution in [0.1, 0.15) is 74.7 Å². The van der Waals surface area contributed by atoms with Crippen LogP contribution in [0.25, 0.3) is 11.0 Å². The van der Waals surface area contributed by atoms with E-state index >= 15 is 0 Å². The second kappa shape index (κ2) is 9.98. The first-order valence-electron chi connectivity index (χ1n) is 13.8. The fraction of sp³-hybridized carbons (Fsp3) is 0.533. The van der Waals surface area contributed by atoms with Gasteiger partial charge in [-0.15, -0.1) is 0 Å². The summed E-state index contributed by atoms with van der Waals surface area (Å²) in [4.78, 5) is 19.2. The predicted octanol–water partition coefficient (Wildman–Crippen LogP) is 6.01. The van der Waals surface area contributed by atoms with Crippen molar-refractivity contribution < 1.29 is 8.78 Å². The number of piperazine rings is 1. The van der Waals surface area contributed by atoms with Crippen LogP contribution in [0.3, 0.4) is 0 Å². The maximum absolute atomic E-state index is 14.2. The molecule has 3 aromatic rings. The van der Waals surface area contributed by atoms with Gasteiger partial charge >= 0.3 is 0 Å². The number of aryl methyl sites for hydroxylation is 1. The lowest BCUT2D eigenvalue weighted by Gasteiger charge is -2.38. The molecule has 1 saturated carbocycles. The van der Waals surface area contributed by atoms with Crippen LogP contribution >= 0.6 is 0 Å². The summed E-state index contributed by atoms with van der Waals surface area (Å²) in [7, 11) is 0. The molecular weight excluding hydrogens is 496 g/mol. The first kappa shape index (κ1) is 27.2. The van der Waals surface area contributed by atoms with Crippen LogP contribution in [0.2, 0.25) is 0 Å². The molecule has 0 unspecified atom stereocenters. The number of alkyl halides is 2. The van der Waals surface area contributed by atoms with Crippen LogP contribution in [0.5, 0.6) is 0 Å². The number of hydrogen-bond acceptors (Lipinski definition) is 7. The van der Waals surface area contributed by atoms with E-state index in [0.29, 0.717) is 28.9 Å². The third-order valence-corrected chi connectivity index (χ3v) is 8.27. The topological polar surface area (TPSA) is 81.0 Å². The highest BCUT2D eigenvalue weighted by atomic mass is 19.3. The summed E-state index contributed by atoms with van der Waals surface area (Å²) in [6, 6.07) is 9.82. The fourth-order valence-corrected chi connectivity index (χ4v) is 5.75. The van der Waals surface area contributed by atoms with Crippen molar-refractivity contribution in [2.24, 2.45) is 0 Å². The highest BCUT2D eigenvalue weighted by Gasteiger charge is 2.48. The maximum Gasteiger partial charge on any atom is 0.270 e. The van der Waals surface area contributed by atoms with Crippen LogP contribution in [-0.2, 0) is 11.3 Å². The normalized spacial score (nSPS) is 18.3. The van der Waals surface area contributed by atoms with E-state index in [-0.39, 0.29) is 11.6 Å². The molecule has 1 atom stereocenters. The zero-order chi connectivity index (χ0) is 28.1. The average molecular weight is 534 g/mol. The summed E-state index contributed by atoms with van der Waals surface area (Å²) in [5, 5.41) is 14.3. The minimum absolute atomic E-state index is 0.0215. The van der Waals surface area contributed by atoms with Crippen LogP contribution in [-0.4, -0.2) is 52.1 Å².